The van der Waals surface area contributed by atoms with Crippen molar-refractivity contribution in [3.63, 3.8) is 0 Å². The van der Waals surface area contributed by atoms with Crippen molar-refractivity contribution in [2.24, 2.45) is 5.92 Å². The van der Waals surface area contributed by atoms with Gasteiger partial charge in [-0.15, -0.1) is 11.3 Å². The van der Waals surface area contributed by atoms with Crippen molar-refractivity contribution in [2.45, 2.75) is 38.6 Å². The maximum absolute atomic E-state index is 4.67. The zero-order valence-electron chi connectivity index (χ0n) is 10.2. The first-order valence-corrected chi connectivity index (χ1v) is 7.39. The lowest BCUT2D eigenvalue weighted by molar-refractivity contribution is 0.457. The van der Waals surface area contributed by atoms with Crippen LogP contribution in [0.3, 0.4) is 0 Å². The Labute approximate surface area is 106 Å². The molecule has 0 radical (unpaired) electrons. The maximum Gasteiger partial charge on any atom is 0.193 e. The average Bonchev–Trinajstić information content (AvgIpc) is 2.96. The van der Waals surface area contributed by atoms with Crippen LogP contribution in [-0.2, 0) is 6.42 Å². The van der Waals surface area contributed by atoms with Gasteiger partial charge < -0.3 is 5.32 Å². The van der Waals surface area contributed by atoms with Crippen LogP contribution in [0.5, 0.6) is 0 Å². The second-order valence-electron chi connectivity index (χ2n) is 4.93. The van der Waals surface area contributed by atoms with Crippen LogP contribution in [0.1, 0.15) is 31.9 Å². The molecule has 2 heterocycles. The molecule has 1 saturated carbocycles. The predicted octanol–water partition coefficient (Wildman–Crippen LogP) is 2.72. The monoisotopic (exact) mass is 249 g/mol. The van der Waals surface area contributed by atoms with Crippen molar-refractivity contribution in [3.8, 4) is 0 Å². The minimum atomic E-state index is 0.638. The average molecular weight is 249 g/mol. The van der Waals surface area contributed by atoms with Gasteiger partial charge in [0.1, 0.15) is 0 Å². The molecule has 0 bridgehead atoms. The highest BCUT2D eigenvalue weighted by atomic mass is 32.1. The fourth-order valence-corrected chi connectivity index (χ4v) is 3.05. The number of rotatable bonds is 6. The Bertz CT molecular complexity index is 455. The standard InChI is InChI=1S/C13H19N3S/c1-2-5-14-12(10-3-4-10)8-11-9-16-6-7-17-13(16)15-11/h6-7,9-10,12,14H,2-5,8H2,1H3. The molecular formula is C13H19N3S. The number of nitrogens with zero attached hydrogens (tertiary/aromatic N) is 2. The first-order chi connectivity index (χ1) is 8.36. The molecule has 0 saturated heterocycles. The molecule has 2 aromatic rings. The molecule has 1 aliphatic carbocycles. The quantitative estimate of drug-likeness (QED) is 0.853. The number of imidazole rings is 1. The molecule has 0 spiro atoms. The van der Waals surface area contributed by atoms with Crippen LogP contribution in [0.25, 0.3) is 4.96 Å². The van der Waals surface area contributed by atoms with Crippen molar-refractivity contribution >= 4 is 16.3 Å². The van der Waals surface area contributed by atoms with E-state index in [-0.39, 0.29) is 0 Å². The van der Waals surface area contributed by atoms with Crippen LogP contribution in [0.4, 0.5) is 0 Å². The van der Waals surface area contributed by atoms with Crippen molar-refractivity contribution < 1.29 is 0 Å². The lowest BCUT2D eigenvalue weighted by atomic mass is 10.1. The van der Waals surface area contributed by atoms with E-state index in [4.69, 9.17) is 0 Å². The molecule has 0 amide bonds. The van der Waals surface area contributed by atoms with Gasteiger partial charge in [0, 0.05) is 30.2 Å². The maximum atomic E-state index is 4.67. The van der Waals surface area contributed by atoms with Gasteiger partial charge in [-0.3, -0.25) is 4.40 Å². The Hall–Kier alpha value is -0.870. The summed E-state index contributed by atoms with van der Waals surface area (Å²) in [7, 11) is 0. The van der Waals surface area contributed by atoms with Gasteiger partial charge in [0.25, 0.3) is 0 Å². The van der Waals surface area contributed by atoms with Crippen LogP contribution in [-0.4, -0.2) is 22.0 Å². The Morgan fingerprint density at radius 2 is 2.47 bits per heavy atom. The molecular weight excluding hydrogens is 230 g/mol. The van der Waals surface area contributed by atoms with E-state index in [1.807, 2.05) is 0 Å². The Morgan fingerprint density at radius 3 is 3.18 bits per heavy atom. The normalized spacial score (nSPS) is 17.7. The third-order valence-electron chi connectivity index (χ3n) is 3.42. The molecule has 1 unspecified atom stereocenters. The third kappa shape index (κ3) is 2.53. The minimum Gasteiger partial charge on any atom is -0.313 e. The summed E-state index contributed by atoms with van der Waals surface area (Å²) >= 11 is 1.71. The highest BCUT2D eigenvalue weighted by Crippen LogP contribution is 2.34. The predicted molar refractivity (Wildman–Crippen MR) is 71.6 cm³/mol. The van der Waals surface area contributed by atoms with Gasteiger partial charge in [0.05, 0.1) is 5.69 Å². The van der Waals surface area contributed by atoms with Crippen LogP contribution in [0.2, 0.25) is 0 Å². The van der Waals surface area contributed by atoms with Crippen LogP contribution in [0, 0.1) is 5.92 Å². The smallest absolute Gasteiger partial charge is 0.193 e. The van der Waals surface area contributed by atoms with Crippen LogP contribution in [0.15, 0.2) is 17.8 Å². The first-order valence-electron chi connectivity index (χ1n) is 6.51. The van der Waals surface area contributed by atoms with E-state index in [0.29, 0.717) is 6.04 Å². The van der Waals surface area contributed by atoms with E-state index < -0.39 is 0 Å². The van der Waals surface area contributed by atoms with E-state index in [0.717, 1.165) is 23.8 Å². The summed E-state index contributed by atoms with van der Waals surface area (Å²) in [5.74, 6) is 0.890. The number of nitrogens with one attached hydrogen (secondary N) is 1. The van der Waals surface area contributed by atoms with Crippen LogP contribution >= 0.6 is 11.3 Å². The van der Waals surface area contributed by atoms with Gasteiger partial charge in [-0.25, -0.2) is 4.98 Å². The number of hydrogen-bond donors (Lipinski definition) is 1. The zero-order chi connectivity index (χ0) is 11.7. The number of hydrogen-bond acceptors (Lipinski definition) is 3. The summed E-state index contributed by atoms with van der Waals surface area (Å²) in [6.45, 7) is 3.35. The van der Waals surface area contributed by atoms with Crippen molar-refractivity contribution in [1.29, 1.82) is 0 Å². The summed E-state index contributed by atoms with van der Waals surface area (Å²) in [5, 5.41) is 5.75. The molecule has 1 aliphatic rings. The fraction of sp³-hybridized carbons (Fsp3) is 0.615. The second-order valence-corrected chi connectivity index (χ2v) is 5.80. The molecule has 17 heavy (non-hydrogen) atoms. The SMILES string of the molecule is CCCNC(Cc1cn2ccsc2n1)C1CC1. The van der Waals surface area contributed by atoms with Gasteiger partial charge in [0.15, 0.2) is 4.96 Å². The van der Waals surface area contributed by atoms with Gasteiger partial charge in [-0.05, 0) is 31.7 Å². The molecule has 1 N–H and O–H groups in total. The van der Waals surface area contributed by atoms with E-state index in [2.05, 4.69) is 39.4 Å². The molecule has 2 aromatic heterocycles. The first kappa shape index (κ1) is 11.2. The molecule has 4 heteroatoms. The van der Waals surface area contributed by atoms with E-state index >= 15 is 0 Å². The Morgan fingerprint density at radius 1 is 1.59 bits per heavy atom. The van der Waals surface area contributed by atoms with Gasteiger partial charge >= 0.3 is 0 Å². The molecule has 0 aliphatic heterocycles. The number of thiazole rings is 1. The summed E-state index contributed by atoms with van der Waals surface area (Å²) in [6.07, 6.45) is 9.34. The van der Waals surface area contributed by atoms with E-state index in [1.54, 1.807) is 11.3 Å². The summed E-state index contributed by atoms with van der Waals surface area (Å²) in [4.78, 5) is 5.79. The lowest BCUT2D eigenvalue weighted by Crippen LogP contribution is -2.33. The summed E-state index contributed by atoms with van der Waals surface area (Å²) in [5.41, 5.74) is 1.23. The Kier molecular flexibility index (Phi) is 3.16. The summed E-state index contributed by atoms with van der Waals surface area (Å²) < 4.78 is 2.13. The minimum absolute atomic E-state index is 0.638. The van der Waals surface area contributed by atoms with Gasteiger partial charge in [-0.1, -0.05) is 6.92 Å². The van der Waals surface area contributed by atoms with E-state index in [9.17, 15) is 0 Å². The largest absolute Gasteiger partial charge is 0.313 e. The molecule has 92 valence electrons. The van der Waals surface area contributed by atoms with E-state index in [1.165, 1.54) is 25.0 Å². The van der Waals surface area contributed by atoms with Crippen LogP contribution < -0.4 is 5.32 Å². The van der Waals surface area contributed by atoms with Crippen molar-refractivity contribution in [1.82, 2.24) is 14.7 Å². The molecule has 3 nitrogen and oxygen atoms in total. The third-order valence-corrected chi connectivity index (χ3v) is 4.19. The second kappa shape index (κ2) is 4.78. The molecule has 0 aromatic carbocycles. The fourth-order valence-electron chi connectivity index (χ4n) is 2.33. The van der Waals surface area contributed by atoms with Crippen molar-refractivity contribution in [2.75, 3.05) is 6.54 Å². The number of fused-ring (bicyclic) bond motifs is 1. The zero-order valence-corrected chi connectivity index (χ0v) is 11.0. The molecule has 3 rings (SSSR count). The summed E-state index contributed by atoms with van der Waals surface area (Å²) in [6, 6.07) is 0.638. The highest BCUT2D eigenvalue weighted by Gasteiger charge is 2.31. The number of aromatic nitrogens is 2. The van der Waals surface area contributed by atoms with Gasteiger partial charge in [0.2, 0.25) is 0 Å². The topological polar surface area (TPSA) is 29.3 Å². The van der Waals surface area contributed by atoms with Crippen molar-refractivity contribution in [3.05, 3.63) is 23.5 Å². The highest BCUT2D eigenvalue weighted by molar-refractivity contribution is 7.15. The molecule has 1 fully saturated rings. The lowest BCUT2D eigenvalue weighted by Gasteiger charge is -2.16. The van der Waals surface area contributed by atoms with Gasteiger partial charge in [-0.2, -0.15) is 0 Å². The molecule has 1 atom stereocenters. The Balaban J connectivity index is 1.68.